The molecule has 3 rings (SSSR count). The van der Waals surface area contributed by atoms with Crippen LogP contribution >= 0.6 is 0 Å². The molecule has 134 valence electrons. The van der Waals surface area contributed by atoms with Crippen LogP contribution in [0.1, 0.15) is 49.8 Å². The van der Waals surface area contributed by atoms with Crippen LogP contribution in [0.15, 0.2) is 30.3 Å². The van der Waals surface area contributed by atoms with Crippen molar-refractivity contribution >= 4 is 11.7 Å². The van der Waals surface area contributed by atoms with Crippen molar-refractivity contribution in [2.75, 3.05) is 12.4 Å². The van der Waals surface area contributed by atoms with Crippen LogP contribution < -0.4 is 10.1 Å². The fraction of sp³-hybridized carbons (Fsp3) is 0.500. The van der Waals surface area contributed by atoms with Gasteiger partial charge >= 0.3 is 0 Å². The van der Waals surface area contributed by atoms with E-state index in [-0.39, 0.29) is 5.91 Å². The van der Waals surface area contributed by atoms with Crippen LogP contribution in [-0.4, -0.2) is 23.2 Å². The molecule has 1 aromatic carbocycles. The topological polar surface area (TPSA) is 67.0 Å². The molecular weight excluding hydrogens is 314 g/mol. The van der Waals surface area contributed by atoms with Crippen molar-refractivity contribution in [3.05, 3.63) is 41.6 Å². The Bertz CT molecular complexity index is 690. The van der Waals surface area contributed by atoms with Crippen LogP contribution in [0.2, 0.25) is 0 Å². The maximum atomic E-state index is 12.2. The van der Waals surface area contributed by atoms with Crippen molar-refractivity contribution in [3.63, 3.8) is 0 Å². The van der Waals surface area contributed by atoms with Gasteiger partial charge in [0, 0.05) is 18.2 Å². The third-order valence-corrected chi connectivity index (χ3v) is 4.95. The number of methoxy groups -OCH3 is 1. The van der Waals surface area contributed by atoms with Crippen LogP contribution in [0.4, 0.5) is 5.82 Å². The maximum Gasteiger partial charge on any atom is 0.225 e. The lowest BCUT2D eigenvalue weighted by Gasteiger charge is -2.20. The highest BCUT2D eigenvalue weighted by Crippen LogP contribution is 2.26. The second-order valence-corrected chi connectivity index (χ2v) is 6.85. The first kappa shape index (κ1) is 17.5. The highest BCUT2D eigenvalue weighted by Gasteiger charge is 2.15. The predicted octanol–water partition coefficient (Wildman–Crippen LogP) is 4.11. The van der Waals surface area contributed by atoms with Gasteiger partial charge in [-0.25, -0.2) is 0 Å². The second-order valence-electron chi connectivity index (χ2n) is 6.85. The molecule has 1 fully saturated rings. The van der Waals surface area contributed by atoms with E-state index in [1.165, 1.54) is 32.1 Å². The third-order valence-electron chi connectivity index (χ3n) is 4.95. The Morgan fingerprint density at radius 3 is 2.88 bits per heavy atom. The average Bonchev–Trinajstić information content (AvgIpc) is 3.07. The maximum absolute atomic E-state index is 12.2. The molecule has 1 aliphatic carbocycles. The predicted molar refractivity (Wildman–Crippen MR) is 98.8 cm³/mol. The number of rotatable bonds is 7. The van der Waals surface area contributed by atoms with Crippen molar-refractivity contribution in [2.24, 2.45) is 5.92 Å². The summed E-state index contributed by atoms with van der Waals surface area (Å²) in [6, 6.07) is 9.76. The molecule has 2 N–H and O–H groups in total. The van der Waals surface area contributed by atoms with E-state index in [1.54, 1.807) is 7.11 Å². The van der Waals surface area contributed by atoms with E-state index >= 15 is 0 Å². The Balaban J connectivity index is 1.48. The Morgan fingerprint density at radius 1 is 1.28 bits per heavy atom. The van der Waals surface area contributed by atoms with Crippen LogP contribution in [-0.2, 0) is 17.6 Å². The van der Waals surface area contributed by atoms with E-state index in [2.05, 4.69) is 15.5 Å². The van der Waals surface area contributed by atoms with Gasteiger partial charge in [0.2, 0.25) is 5.91 Å². The molecule has 1 amide bonds. The minimum absolute atomic E-state index is 0.0263. The summed E-state index contributed by atoms with van der Waals surface area (Å²) in [5.41, 5.74) is 2.16. The Labute approximate surface area is 149 Å². The molecule has 2 aromatic rings. The minimum Gasteiger partial charge on any atom is -0.496 e. The minimum atomic E-state index is -0.0263. The number of H-pyrrole nitrogens is 1. The fourth-order valence-electron chi connectivity index (χ4n) is 3.60. The number of nitrogens with one attached hydrogen (secondary N) is 2. The molecule has 0 bridgehead atoms. The van der Waals surface area contributed by atoms with Crippen molar-refractivity contribution in [3.8, 4) is 5.75 Å². The smallest absolute Gasteiger partial charge is 0.225 e. The summed E-state index contributed by atoms with van der Waals surface area (Å²) in [6.45, 7) is 0. The number of carbonyl (C=O) groups excluding carboxylic acids is 1. The number of ether oxygens (including phenoxy) is 1. The van der Waals surface area contributed by atoms with Crippen LogP contribution in [0, 0.1) is 5.92 Å². The molecule has 5 nitrogen and oxygen atoms in total. The normalized spacial score (nSPS) is 15.1. The zero-order chi connectivity index (χ0) is 17.5. The molecular formula is C20H27N3O2. The highest BCUT2D eigenvalue weighted by molar-refractivity contribution is 5.89. The number of para-hydroxylation sites is 1. The number of anilines is 1. The molecule has 0 atom stereocenters. The van der Waals surface area contributed by atoms with E-state index in [4.69, 9.17) is 4.74 Å². The van der Waals surface area contributed by atoms with E-state index in [9.17, 15) is 4.79 Å². The molecule has 1 aromatic heterocycles. The Morgan fingerprint density at radius 2 is 2.08 bits per heavy atom. The van der Waals surface area contributed by atoms with E-state index in [0.29, 0.717) is 18.7 Å². The standard InChI is InChI=1S/C20H27N3O2/c1-25-18-10-6-5-9-16(18)11-12-20(24)21-19-14-17(22-23-19)13-15-7-3-2-4-8-15/h5-6,9-10,14-15H,2-4,7-8,11-13H2,1H3,(H2,21,22,23,24). The molecule has 25 heavy (non-hydrogen) atoms. The van der Waals surface area contributed by atoms with Crippen LogP contribution in [0.3, 0.4) is 0 Å². The van der Waals surface area contributed by atoms with Crippen molar-refractivity contribution in [1.29, 1.82) is 0 Å². The molecule has 0 radical (unpaired) electrons. The quantitative estimate of drug-likeness (QED) is 0.796. The summed E-state index contributed by atoms with van der Waals surface area (Å²) in [6.07, 6.45) is 8.74. The summed E-state index contributed by atoms with van der Waals surface area (Å²) in [7, 11) is 1.65. The first-order chi connectivity index (χ1) is 12.2. The van der Waals surface area contributed by atoms with Gasteiger partial charge in [0.25, 0.3) is 0 Å². The van der Waals surface area contributed by atoms with Gasteiger partial charge in [-0.3, -0.25) is 9.89 Å². The Kier molecular flexibility index (Phi) is 6.09. The molecule has 0 unspecified atom stereocenters. The third kappa shape index (κ3) is 5.08. The second kappa shape index (κ2) is 8.70. The summed E-state index contributed by atoms with van der Waals surface area (Å²) in [5, 5.41) is 10.2. The number of hydrogen-bond acceptors (Lipinski definition) is 3. The molecule has 0 saturated heterocycles. The zero-order valence-corrected chi connectivity index (χ0v) is 14.9. The van der Waals surface area contributed by atoms with E-state index in [0.717, 1.165) is 29.3 Å². The molecule has 0 spiro atoms. The van der Waals surface area contributed by atoms with E-state index < -0.39 is 0 Å². The number of aromatic amines is 1. The zero-order valence-electron chi connectivity index (χ0n) is 14.9. The lowest BCUT2D eigenvalue weighted by atomic mass is 9.86. The summed E-state index contributed by atoms with van der Waals surface area (Å²) in [5.74, 6) is 2.17. The largest absolute Gasteiger partial charge is 0.496 e. The fourth-order valence-corrected chi connectivity index (χ4v) is 3.60. The number of aryl methyl sites for hydroxylation is 1. The van der Waals surface area contributed by atoms with Gasteiger partial charge in [-0.05, 0) is 30.4 Å². The Hall–Kier alpha value is -2.30. The van der Waals surface area contributed by atoms with Crippen molar-refractivity contribution < 1.29 is 9.53 Å². The SMILES string of the molecule is COc1ccccc1CCC(=O)Nc1cc(CC2CCCCC2)[nH]n1. The van der Waals surface area contributed by atoms with Gasteiger partial charge in [-0.15, -0.1) is 0 Å². The lowest BCUT2D eigenvalue weighted by molar-refractivity contribution is -0.116. The summed E-state index contributed by atoms with van der Waals surface area (Å²) in [4.78, 5) is 12.2. The molecule has 5 heteroatoms. The van der Waals surface area contributed by atoms with Gasteiger partial charge in [-0.1, -0.05) is 50.3 Å². The molecule has 1 aliphatic rings. The number of amides is 1. The lowest BCUT2D eigenvalue weighted by Crippen LogP contribution is -2.12. The highest BCUT2D eigenvalue weighted by atomic mass is 16.5. The summed E-state index contributed by atoms with van der Waals surface area (Å²) >= 11 is 0. The monoisotopic (exact) mass is 341 g/mol. The number of benzene rings is 1. The number of carbonyl (C=O) groups is 1. The van der Waals surface area contributed by atoms with Gasteiger partial charge in [0.1, 0.15) is 5.75 Å². The summed E-state index contributed by atoms with van der Waals surface area (Å²) < 4.78 is 5.32. The van der Waals surface area contributed by atoms with Crippen LogP contribution in [0.5, 0.6) is 5.75 Å². The first-order valence-corrected chi connectivity index (χ1v) is 9.20. The molecule has 1 saturated carbocycles. The van der Waals surface area contributed by atoms with Gasteiger partial charge in [0.15, 0.2) is 5.82 Å². The molecule has 0 aliphatic heterocycles. The number of hydrogen-bond donors (Lipinski definition) is 2. The van der Waals surface area contributed by atoms with Crippen molar-refractivity contribution in [2.45, 2.75) is 51.4 Å². The van der Waals surface area contributed by atoms with E-state index in [1.807, 2.05) is 30.3 Å². The van der Waals surface area contributed by atoms with Gasteiger partial charge in [0.05, 0.1) is 7.11 Å². The average molecular weight is 341 g/mol. The van der Waals surface area contributed by atoms with Gasteiger partial charge in [-0.2, -0.15) is 5.10 Å². The first-order valence-electron chi connectivity index (χ1n) is 9.20. The van der Waals surface area contributed by atoms with Gasteiger partial charge < -0.3 is 10.1 Å². The number of aromatic nitrogens is 2. The van der Waals surface area contributed by atoms with Crippen LogP contribution in [0.25, 0.3) is 0 Å². The van der Waals surface area contributed by atoms with Crippen molar-refractivity contribution in [1.82, 2.24) is 10.2 Å². The molecule has 1 heterocycles. The number of nitrogens with zero attached hydrogens (tertiary/aromatic N) is 1.